The van der Waals surface area contributed by atoms with Crippen molar-refractivity contribution in [2.24, 2.45) is 5.73 Å². The highest BCUT2D eigenvalue weighted by molar-refractivity contribution is 5.40. The quantitative estimate of drug-likeness (QED) is 0.878. The molecule has 0 saturated heterocycles. The van der Waals surface area contributed by atoms with Crippen molar-refractivity contribution >= 4 is 0 Å². The normalized spacial score (nSPS) is 10.3. The molecule has 0 spiro atoms. The average molecular weight is 271 g/mol. The van der Waals surface area contributed by atoms with Gasteiger partial charge >= 0.3 is 0 Å². The van der Waals surface area contributed by atoms with Gasteiger partial charge in [-0.15, -0.1) is 0 Å². The van der Waals surface area contributed by atoms with Crippen LogP contribution in [0, 0.1) is 6.92 Å². The van der Waals surface area contributed by atoms with Crippen molar-refractivity contribution in [2.45, 2.75) is 19.9 Å². The summed E-state index contributed by atoms with van der Waals surface area (Å²) in [6.45, 7) is 3.19. The van der Waals surface area contributed by atoms with Gasteiger partial charge in [-0.1, -0.05) is 30.3 Å². The zero-order valence-electron chi connectivity index (χ0n) is 12.1. The van der Waals surface area contributed by atoms with Crippen LogP contribution in [-0.4, -0.2) is 13.7 Å². The van der Waals surface area contributed by atoms with Crippen LogP contribution in [0.2, 0.25) is 0 Å². The number of aryl methyl sites for hydroxylation is 1. The second-order valence-corrected chi connectivity index (χ2v) is 4.71. The lowest BCUT2D eigenvalue weighted by Gasteiger charge is -2.13. The molecule has 0 bridgehead atoms. The minimum Gasteiger partial charge on any atom is -0.497 e. The molecule has 0 amide bonds. The molecule has 2 rings (SSSR count). The monoisotopic (exact) mass is 271 g/mol. The van der Waals surface area contributed by atoms with Crippen molar-refractivity contribution in [3.63, 3.8) is 0 Å². The van der Waals surface area contributed by atoms with E-state index in [4.69, 9.17) is 15.2 Å². The van der Waals surface area contributed by atoms with Crippen molar-refractivity contribution in [1.29, 1.82) is 0 Å². The van der Waals surface area contributed by atoms with Gasteiger partial charge in [0.2, 0.25) is 0 Å². The summed E-state index contributed by atoms with van der Waals surface area (Å²) in [5.41, 5.74) is 9.15. The predicted molar refractivity (Wildman–Crippen MR) is 81.3 cm³/mol. The fourth-order valence-corrected chi connectivity index (χ4v) is 2.14. The van der Waals surface area contributed by atoms with E-state index in [2.05, 4.69) is 12.1 Å². The Hall–Kier alpha value is -2.00. The summed E-state index contributed by atoms with van der Waals surface area (Å²) in [6.07, 6.45) is 0.863. The van der Waals surface area contributed by atoms with Crippen molar-refractivity contribution in [3.05, 3.63) is 59.2 Å². The van der Waals surface area contributed by atoms with Crippen LogP contribution in [0.25, 0.3) is 0 Å². The maximum absolute atomic E-state index is 5.91. The van der Waals surface area contributed by atoms with E-state index in [1.54, 1.807) is 7.11 Å². The first kappa shape index (κ1) is 14.4. The minimum atomic E-state index is 0.500. The number of hydrogen-bond acceptors (Lipinski definition) is 3. The summed E-state index contributed by atoms with van der Waals surface area (Å²) in [6, 6.07) is 14.1. The highest BCUT2D eigenvalue weighted by atomic mass is 16.5. The van der Waals surface area contributed by atoms with Crippen LogP contribution in [0.1, 0.15) is 16.7 Å². The highest BCUT2D eigenvalue weighted by Gasteiger charge is 2.05. The Balaban J connectivity index is 1.95. The first-order valence-electron chi connectivity index (χ1n) is 6.79. The third-order valence-corrected chi connectivity index (χ3v) is 3.31. The molecule has 0 aliphatic heterocycles. The fourth-order valence-electron chi connectivity index (χ4n) is 2.14. The van der Waals surface area contributed by atoms with Gasteiger partial charge in [-0.2, -0.15) is 0 Å². The van der Waals surface area contributed by atoms with E-state index in [-0.39, 0.29) is 0 Å². The van der Waals surface area contributed by atoms with Gasteiger partial charge < -0.3 is 15.2 Å². The first-order chi connectivity index (χ1) is 9.74. The molecule has 20 heavy (non-hydrogen) atoms. The number of hydrogen-bond donors (Lipinski definition) is 1. The second-order valence-electron chi connectivity index (χ2n) is 4.71. The molecule has 0 unspecified atom stereocenters. The summed E-state index contributed by atoms with van der Waals surface area (Å²) < 4.78 is 11.1. The molecular weight excluding hydrogens is 250 g/mol. The number of rotatable bonds is 6. The van der Waals surface area contributed by atoms with Crippen molar-refractivity contribution in [2.75, 3.05) is 13.7 Å². The molecule has 3 nitrogen and oxygen atoms in total. The summed E-state index contributed by atoms with van der Waals surface area (Å²) in [5, 5.41) is 0. The third kappa shape index (κ3) is 3.52. The predicted octanol–water partition coefficient (Wildman–Crippen LogP) is 3.08. The SMILES string of the molecule is COc1ccc(CCOc2c(C)cccc2CN)cc1. The number of benzene rings is 2. The molecule has 106 valence electrons. The average Bonchev–Trinajstić information content (AvgIpc) is 2.49. The largest absolute Gasteiger partial charge is 0.497 e. The smallest absolute Gasteiger partial charge is 0.126 e. The minimum absolute atomic E-state index is 0.500. The standard InChI is InChI=1S/C17H21NO2/c1-13-4-3-5-15(12-18)17(13)20-11-10-14-6-8-16(19-2)9-7-14/h3-9H,10-12,18H2,1-2H3. The van der Waals surface area contributed by atoms with E-state index in [0.29, 0.717) is 13.2 Å². The highest BCUT2D eigenvalue weighted by Crippen LogP contribution is 2.23. The lowest BCUT2D eigenvalue weighted by molar-refractivity contribution is 0.316. The summed E-state index contributed by atoms with van der Waals surface area (Å²) in [4.78, 5) is 0. The van der Waals surface area contributed by atoms with Gasteiger partial charge in [-0.3, -0.25) is 0 Å². The van der Waals surface area contributed by atoms with Crippen molar-refractivity contribution < 1.29 is 9.47 Å². The van der Waals surface area contributed by atoms with Crippen LogP contribution in [0.5, 0.6) is 11.5 Å². The van der Waals surface area contributed by atoms with Crippen LogP contribution in [0.4, 0.5) is 0 Å². The molecule has 2 aromatic carbocycles. The van der Waals surface area contributed by atoms with E-state index in [1.165, 1.54) is 5.56 Å². The van der Waals surface area contributed by atoms with Crippen LogP contribution >= 0.6 is 0 Å². The Kier molecular flexibility index (Phi) is 5.02. The maximum Gasteiger partial charge on any atom is 0.126 e. The third-order valence-electron chi connectivity index (χ3n) is 3.31. The van der Waals surface area contributed by atoms with E-state index in [9.17, 15) is 0 Å². The molecule has 2 N–H and O–H groups in total. The van der Waals surface area contributed by atoms with Gasteiger partial charge in [0.25, 0.3) is 0 Å². The Morgan fingerprint density at radius 3 is 2.45 bits per heavy atom. The molecule has 0 saturated carbocycles. The number of nitrogens with two attached hydrogens (primary N) is 1. The topological polar surface area (TPSA) is 44.5 Å². The van der Waals surface area contributed by atoms with Crippen molar-refractivity contribution in [1.82, 2.24) is 0 Å². The van der Waals surface area contributed by atoms with Gasteiger partial charge in [0.1, 0.15) is 11.5 Å². The summed E-state index contributed by atoms with van der Waals surface area (Å²) in [5.74, 6) is 1.79. The lowest BCUT2D eigenvalue weighted by atomic mass is 10.1. The summed E-state index contributed by atoms with van der Waals surface area (Å²) in [7, 11) is 1.67. The Labute approximate surface area is 120 Å². The molecule has 2 aromatic rings. The van der Waals surface area contributed by atoms with Crippen LogP contribution in [0.15, 0.2) is 42.5 Å². The van der Waals surface area contributed by atoms with Gasteiger partial charge in [-0.05, 0) is 30.2 Å². The fraction of sp³-hybridized carbons (Fsp3) is 0.294. The molecule has 3 heteroatoms. The molecule has 0 aliphatic rings. The second kappa shape index (κ2) is 6.96. The molecule has 0 heterocycles. The maximum atomic E-state index is 5.91. The lowest BCUT2D eigenvalue weighted by Crippen LogP contribution is -2.07. The molecular formula is C17H21NO2. The van der Waals surface area contributed by atoms with Crippen LogP contribution in [-0.2, 0) is 13.0 Å². The molecule has 0 radical (unpaired) electrons. The van der Waals surface area contributed by atoms with E-state index < -0.39 is 0 Å². The van der Waals surface area contributed by atoms with E-state index >= 15 is 0 Å². The van der Waals surface area contributed by atoms with Crippen molar-refractivity contribution in [3.8, 4) is 11.5 Å². The number of methoxy groups -OCH3 is 1. The van der Waals surface area contributed by atoms with Crippen LogP contribution < -0.4 is 15.2 Å². The number of ether oxygens (including phenoxy) is 2. The van der Waals surface area contributed by atoms with E-state index in [0.717, 1.165) is 29.0 Å². The molecule has 0 atom stereocenters. The van der Waals surface area contributed by atoms with Gasteiger partial charge in [0.15, 0.2) is 0 Å². The molecule has 0 fully saturated rings. The summed E-state index contributed by atoms with van der Waals surface area (Å²) >= 11 is 0. The first-order valence-corrected chi connectivity index (χ1v) is 6.79. The van der Waals surface area contributed by atoms with Gasteiger partial charge in [-0.25, -0.2) is 0 Å². The molecule has 0 aliphatic carbocycles. The molecule has 0 aromatic heterocycles. The Morgan fingerprint density at radius 1 is 1.05 bits per heavy atom. The van der Waals surface area contributed by atoms with Gasteiger partial charge in [0, 0.05) is 18.5 Å². The Morgan fingerprint density at radius 2 is 1.80 bits per heavy atom. The Bertz CT molecular complexity index is 549. The zero-order valence-corrected chi connectivity index (χ0v) is 12.1. The van der Waals surface area contributed by atoms with Gasteiger partial charge in [0.05, 0.1) is 13.7 Å². The van der Waals surface area contributed by atoms with Crippen LogP contribution in [0.3, 0.4) is 0 Å². The zero-order chi connectivity index (χ0) is 14.4. The van der Waals surface area contributed by atoms with E-state index in [1.807, 2.05) is 37.3 Å². The number of para-hydroxylation sites is 1.